The van der Waals surface area contributed by atoms with Crippen molar-refractivity contribution >= 4 is 17.2 Å². The van der Waals surface area contributed by atoms with Gasteiger partial charge in [0, 0.05) is 11.1 Å². The van der Waals surface area contributed by atoms with Gasteiger partial charge in [-0.3, -0.25) is 4.79 Å². The van der Waals surface area contributed by atoms with Crippen molar-refractivity contribution < 1.29 is 22.7 Å². The standard InChI is InChI=1S/C15H15F3N2O2S/c1-9-8-23-13(20-9)7-19-14(21)10(2)22-12-6-4-3-5-11(12)15(16,17)18/h3-6,8,10H,7H2,1-2H3,(H,19,21)/t10-/m1/s1. The van der Waals surface area contributed by atoms with Crippen molar-refractivity contribution in [3.63, 3.8) is 0 Å². The molecule has 8 heteroatoms. The highest BCUT2D eigenvalue weighted by atomic mass is 32.1. The zero-order valence-electron chi connectivity index (χ0n) is 12.5. The number of rotatable bonds is 5. The fourth-order valence-electron chi connectivity index (χ4n) is 1.84. The molecule has 1 heterocycles. The van der Waals surface area contributed by atoms with Crippen LogP contribution < -0.4 is 10.1 Å². The van der Waals surface area contributed by atoms with E-state index in [1.807, 2.05) is 12.3 Å². The molecule has 0 unspecified atom stereocenters. The molecule has 0 fully saturated rings. The Labute approximate surface area is 135 Å². The van der Waals surface area contributed by atoms with Gasteiger partial charge in [0.05, 0.1) is 12.1 Å². The van der Waals surface area contributed by atoms with E-state index >= 15 is 0 Å². The van der Waals surface area contributed by atoms with Crippen LogP contribution in [0.25, 0.3) is 0 Å². The molecule has 1 aromatic carbocycles. The summed E-state index contributed by atoms with van der Waals surface area (Å²) in [6, 6.07) is 4.80. The highest BCUT2D eigenvalue weighted by Crippen LogP contribution is 2.36. The van der Waals surface area contributed by atoms with E-state index in [0.717, 1.165) is 16.8 Å². The number of amides is 1. The van der Waals surface area contributed by atoms with Gasteiger partial charge in [-0.2, -0.15) is 13.2 Å². The van der Waals surface area contributed by atoms with Crippen molar-refractivity contribution in [3.8, 4) is 5.75 Å². The smallest absolute Gasteiger partial charge is 0.419 e. The lowest BCUT2D eigenvalue weighted by atomic mass is 10.2. The zero-order valence-corrected chi connectivity index (χ0v) is 13.3. The Morgan fingerprint density at radius 2 is 2.09 bits per heavy atom. The number of para-hydroxylation sites is 1. The van der Waals surface area contributed by atoms with Crippen molar-refractivity contribution in [2.24, 2.45) is 0 Å². The third-order valence-corrected chi connectivity index (χ3v) is 3.91. The number of carbonyl (C=O) groups excluding carboxylic acids is 1. The van der Waals surface area contributed by atoms with Crippen molar-refractivity contribution in [3.05, 3.63) is 45.9 Å². The Kier molecular flexibility index (Phi) is 5.25. The minimum atomic E-state index is -4.54. The van der Waals surface area contributed by atoms with Crippen LogP contribution in [0, 0.1) is 6.92 Å². The van der Waals surface area contributed by atoms with Crippen LogP contribution in [0.3, 0.4) is 0 Å². The number of alkyl halides is 3. The first-order valence-electron chi connectivity index (χ1n) is 6.79. The summed E-state index contributed by atoms with van der Waals surface area (Å²) in [6.45, 7) is 3.45. The van der Waals surface area contributed by atoms with Crippen molar-refractivity contribution in [2.45, 2.75) is 32.7 Å². The fourth-order valence-corrected chi connectivity index (χ4v) is 2.55. The summed E-state index contributed by atoms with van der Waals surface area (Å²) in [5.41, 5.74) is -0.0575. The number of hydrogen-bond acceptors (Lipinski definition) is 4. The Bertz CT molecular complexity index is 685. The van der Waals surface area contributed by atoms with Gasteiger partial charge in [-0.1, -0.05) is 12.1 Å². The number of aryl methyl sites for hydroxylation is 1. The van der Waals surface area contributed by atoms with Crippen LogP contribution in [-0.4, -0.2) is 17.0 Å². The van der Waals surface area contributed by atoms with Gasteiger partial charge >= 0.3 is 6.18 Å². The summed E-state index contributed by atoms with van der Waals surface area (Å²) >= 11 is 1.40. The molecule has 0 spiro atoms. The molecule has 0 aliphatic carbocycles. The number of thiazole rings is 1. The number of ether oxygens (including phenoxy) is 1. The summed E-state index contributed by atoms with van der Waals surface area (Å²) in [7, 11) is 0. The predicted molar refractivity (Wildman–Crippen MR) is 80.2 cm³/mol. The van der Waals surface area contributed by atoms with Crippen LogP contribution in [0.2, 0.25) is 0 Å². The van der Waals surface area contributed by atoms with Gasteiger partial charge in [0.25, 0.3) is 5.91 Å². The first kappa shape index (κ1) is 17.3. The van der Waals surface area contributed by atoms with Gasteiger partial charge in [0.2, 0.25) is 0 Å². The molecule has 1 aromatic heterocycles. The van der Waals surface area contributed by atoms with E-state index in [0.29, 0.717) is 0 Å². The number of halogens is 3. The van der Waals surface area contributed by atoms with Crippen LogP contribution in [-0.2, 0) is 17.5 Å². The van der Waals surface area contributed by atoms with Gasteiger partial charge in [-0.25, -0.2) is 4.98 Å². The molecular weight excluding hydrogens is 329 g/mol. The maximum atomic E-state index is 12.9. The summed E-state index contributed by atoms with van der Waals surface area (Å²) < 4.78 is 43.8. The lowest BCUT2D eigenvalue weighted by Gasteiger charge is -2.18. The van der Waals surface area contributed by atoms with Crippen molar-refractivity contribution in [1.29, 1.82) is 0 Å². The molecule has 1 atom stereocenters. The number of nitrogens with zero attached hydrogens (tertiary/aromatic N) is 1. The van der Waals surface area contributed by atoms with E-state index < -0.39 is 23.8 Å². The largest absolute Gasteiger partial charge is 0.480 e. The Hall–Kier alpha value is -2.09. The fraction of sp³-hybridized carbons (Fsp3) is 0.333. The highest BCUT2D eigenvalue weighted by Gasteiger charge is 2.34. The SMILES string of the molecule is Cc1csc(CNC(=O)[C@@H](C)Oc2ccccc2C(F)(F)F)n1. The molecule has 23 heavy (non-hydrogen) atoms. The lowest BCUT2D eigenvalue weighted by molar-refractivity contribution is -0.140. The summed E-state index contributed by atoms with van der Waals surface area (Å²) in [5, 5.41) is 5.16. The van der Waals surface area contributed by atoms with Gasteiger partial charge in [0.15, 0.2) is 6.10 Å². The normalized spacial score (nSPS) is 12.7. The van der Waals surface area contributed by atoms with E-state index in [2.05, 4.69) is 10.3 Å². The van der Waals surface area contributed by atoms with Gasteiger partial charge in [0.1, 0.15) is 10.8 Å². The average molecular weight is 344 g/mol. The zero-order chi connectivity index (χ0) is 17.0. The first-order valence-corrected chi connectivity index (χ1v) is 7.67. The predicted octanol–water partition coefficient (Wildman–Crippen LogP) is 3.55. The van der Waals surface area contributed by atoms with Crippen molar-refractivity contribution in [2.75, 3.05) is 0 Å². The number of benzene rings is 1. The number of nitrogens with one attached hydrogen (secondary N) is 1. The molecule has 2 rings (SSSR count). The van der Waals surface area contributed by atoms with Crippen LogP contribution in [0.15, 0.2) is 29.6 Å². The van der Waals surface area contributed by atoms with E-state index in [1.54, 1.807) is 0 Å². The van der Waals surface area contributed by atoms with Gasteiger partial charge in [-0.05, 0) is 26.0 Å². The second-order valence-electron chi connectivity index (χ2n) is 4.85. The molecule has 2 aromatic rings. The first-order chi connectivity index (χ1) is 10.8. The third kappa shape index (κ3) is 4.69. The summed E-state index contributed by atoms with van der Waals surface area (Å²) in [4.78, 5) is 16.1. The molecule has 4 nitrogen and oxygen atoms in total. The summed E-state index contributed by atoms with van der Waals surface area (Å²) in [5.74, 6) is -0.873. The minimum absolute atomic E-state index is 0.214. The number of hydrogen-bond donors (Lipinski definition) is 1. The van der Waals surface area contributed by atoms with E-state index in [9.17, 15) is 18.0 Å². The topological polar surface area (TPSA) is 51.2 Å². The molecule has 0 saturated heterocycles. The Balaban J connectivity index is 1.98. The monoisotopic (exact) mass is 344 g/mol. The lowest BCUT2D eigenvalue weighted by Crippen LogP contribution is -2.36. The molecule has 0 radical (unpaired) electrons. The Morgan fingerprint density at radius 3 is 2.70 bits per heavy atom. The third-order valence-electron chi connectivity index (χ3n) is 2.95. The molecule has 124 valence electrons. The molecule has 1 amide bonds. The maximum absolute atomic E-state index is 12.9. The number of aromatic nitrogens is 1. The quantitative estimate of drug-likeness (QED) is 0.902. The molecule has 0 aliphatic heterocycles. The second-order valence-corrected chi connectivity index (χ2v) is 5.80. The van der Waals surface area contributed by atoms with Crippen LogP contribution in [0.5, 0.6) is 5.75 Å². The molecule has 0 bridgehead atoms. The molecule has 0 aliphatic rings. The molecular formula is C15H15F3N2O2S. The highest BCUT2D eigenvalue weighted by molar-refractivity contribution is 7.09. The van der Waals surface area contributed by atoms with Crippen LogP contribution >= 0.6 is 11.3 Å². The molecule has 1 N–H and O–H groups in total. The van der Waals surface area contributed by atoms with Gasteiger partial charge < -0.3 is 10.1 Å². The van der Waals surface area contributed by atoms with Gasteiger partial charge in [-0.15, -0.1) is 11.3 Å². The maximum Gasteiger partial charge on any atom is 0.419 e. The summed E-state index contributed by atoms with van der Waals surface area (Å²) in [6.07, 6.45) is -5.59. The van der Waals surface area contributed by atoms with Crippen molar-refractivity contribution in [1.82, 2.24) is 10.3 Å². The van der Waals surface area contributed by atoms with E-state index in [-0.39, 0.29) is 12.3 Å². The Morgan fingerprint density at radius 1 is 1.39 bits per heavy atom. The average Bonchev–Trinajstić information content (AvgIpc) is 2.89. The van der Waals surface area contributed by atoms with Crippen LogP contribution in [0.1, 0.15) is 23.2 Å². The number of carbonyl (C=O) groups is 1. The minimum Gasteiger partial charge on any atom is -0.480 e. The van der Waals surface area contributed by atoms with E-state index in [1.165, 1.54) is 36.5 Å². The second kappa shape index (κ2) is 6.99. The van der Waals surface area contributed by atoms with E-state index in [4.69, 9.17) is 4.74 Å². The molecule has 0 saturated carbocycles. The van der Waals surface area contributed by atoms with Crippen LogP contribution in [0.4, 0.5) is 13.2 Å².